The summed E-state index contributed by atoms with van der Waals surface area (Å²) in [7, 11) is 0. The van der Waals surface area contributed by atoms with Crippen LogP contribution in [0.4, 0.5) is 5.69 Å². The third-order valence-corrected chi connectivity index (χ3v) is 5.22. The second-order valence-corrected chi connectivity index (χ2v) is 7.94. The van der Waals surface area contributed by atoms with Gasteiger partial charge in [0.05, 0.1) is 21.7 Å². The van der Waals surface area contributed by atoms with Gasteiger partial charge in [0.2, 0.25) is 5.90 Å². The molecule has 3 rings (SSSR count). The number of aliphatic imine (C=N–C) groups is 1. The molecule has 0 spiro atoms. The maximum atomic E-state index is 12.3. The zero-order valence-corrected chi connectivity index (χ0v) is 19.6. The van der Waals surface area contributed by atoms with Crippen LogP contribution in [0.25, 0.3) is 6.08 Å². The summed E-state index contributed by atoms with van der Waals surface area (Å²) < 4.78 is 17.5. The van der Waals surface area contributed by atoms with E-state index >= 15 is 0 Å². The minimum absolute atomic E-state index is 0.0159. The molecular weight excluding hydrogens is 539 g/mol. The molecule has 2 aromatic carbocycles. The maximum absolute atomic E-state index is 12.3. The summed E-state index contributed by atoms with van der Waals surface area (Å²) in [6, 6.07) is 7.68. The van der Waals surface area contributed by atoms with Gasteiger partial charge in [0, 0.05) is 11.6 Å². The molecule has 0 N–H and O–H groups in total. The van der Waals surface area contributed by atoms with Crippen molar-refractivity contribution in [1.29, 1.82) is 0 Å². The molecule has 0 aliphatic carbocycles. The van der Waals surface area contributed by atoms with Crippen LogP contribution in [0, 0.1) is 13.7 Å². The molecule has 0 saturated carbocycles. The molecule has 0 aromatic heterocycles. The van der Waals surface area contributed by atoms with E-state index in [9.17, 15) is 14.9 Å². The number of ether oxygens (including phenoxy) is 3. The van der Waals surface area contributed by atoms with Crippen LogP contribution in [-0.2, 0) is 9.53 Å². The summed E-state index contributed by atoms with van der Waals surface area (Å²) in [5.74, 6) is 0.530. The average molecular weight is 557 g/mol. The van der Waals surface area contributed by atoms with Crippen molar-refractivity contribution < 1.29 is 23.9 Å². The van der Waals surface area contributed by atoms with Crippen molar-refractivity contribution in [3.05, 3.63) is 65.9 Å². The Hall–Kier alpha value is -2.66. The molecule has 0 unspecified atom stereocenters. The number of nitrogens with zero attached hydrogens (tertiary/aromatic N) is 2. The molecule has 1 aliphatic rings. The van der Waals surface area contributed by atoms with Crippen molar-refractivity contribution in [2.75, 3.05) is 13.2 Å². The lowest BCUT2D eigenvalue weighted by atomic mass is 10.1. The van der Waals surface area contributed by atoms with Crippen molar-refractivity contribution in [3.8, 4) is 11.5 Å². The molecule has 31 heavy (non-hydrogen) atoms. The van der Waals surface area contributed by atoms with Crippen LogP contribution in [0.5, 0.6) is 11.5 Å². The third-order valence-electron chi connectivity index (χ3n) is 4.10. The fraction of sp³-hybridized carbons (Fsp3) is 0.238. The number of nitro benzene ring substituents is 1. The molecular formula is C21H18ClIN2O6. The number of cyclic esters (lactones) is 1. The summed E-state index contributed by atoms with van der Waals surface area (Å²) >= 11 is 7.99. The largest absolute Gasteiger partial charge is 0.490 e. The lowest BCUT2D eigenvalue weighted by Gasteiger charge is -2.14. The Bertz CT molecular complexity index is 1100. The Morgan fingerprint density at radius 2 is 2.03 bits per heavy atom. The fourth-order valence-corrected chi connectivity index (χ4v) is 3.72. The molecule has 1 aliphatic heterocycles. The fourth-order valence-electron chi connectivity index (χ4n) is 2.75. The first-order valence-corrected chi connectivity index (χ1v) is 10.9. The zero-order chi connectivity index (χ0) is 22.5. The number of nitro groups is 1. The van der Waals surface area contributed by atoms with Crippen molar-refractivity contribution in [3.63, 3.8) is 0 Å². The molecule has 8 nitrogen and oxygen atoms in total. The minimum atomic E-state index is -0.660. The lowest BCUT2D eigenvalue weighted by molar-refractivity contribution is -0.384. The molecule has 0 amide bonds. The van der Waals surface area contributed by atoms with Gasteiger partial charge in [0.25, 0.3) is 5.69 Å². The number of rotatable bonds is 8. The van der Waals surface area contributed by atoms with Gasteiger partial charge in [-0.05, 0) is 71.8 Å². The monoisotopic (exact) mass is 556 g/mol. The molecule has 0 radical (unpaired) electrons. The Morgan fingerprint density at radius 3 is 2.71 bits per heavy atom. The van der Waals surface area contributed by atoms with E-state index in [1.165, 1.54) is 18.2 Å². The summed E-state index contributed by atoms with van der Waals surface area (Å²) in [4.78, 5) is 27.0. The average Bonchev–Trinajstić information content (AvgIpc) is 3.08. The highest BCUT2D eigenvalue weighted by molar-refractivity contribution is 14.1. The van der Waals surface area contributed by atoms with Crippen LogP contribution in [0.15, 0.2) is 41.0 Å². The molecule has 0 bridgehead atoms. The van der Waals surface area contributed by atoms with E-state index in [0.29, 0.717) is 30.3 Å². The first-order valence-electron chi connectivity index (χ1n) is 9.40. The van der Waals surface area contributed by atoms with Crippen LogP contribution in [-0.4, -0.2) is 30.0 Å². The van der Waals surface area contributed by atoms with Gasteiger partial charge in [-0.25, -0.2) is 9.79 Å². The van der Waals surface area contributed by atoms with Crippen molar-refractivity contribution >= 4 is 57.8 Å². The second-order valence-electron chi connectivity index (χ2n) is 6.37. The van der Waals surface area contributed by atoms with Gasteiger partial charge in [0.15, 0.2) is 17.2 Å². The SMILES string of the molecule is CCCOc1c(I)cc(/C=C2\N=C(c3ccc(Cl)c([N+](=O)[O-])c3)OC2=O)cc1OCC. The summed E-state index contributed by atoms with van der Waals surface area (Å²) in [5.41, 5.74) is 0.721. The van der Waals surface area contributed by atoms with Crippen LogP contribution < -0.4 is 9.47 Å². The highest BCUT2D eigenvalue weighted by Crippen LogP contribution is 2.35. The van der Waals surface area contributed by atoms with E-state index in [-0.39, 0.29) is 27.9 Å². The van der Waals surface area contributed by atoms with Crippen LogP contribution >= 0.6 is 34.2 Å². The van der Waals surface area contributed by atoms with E-state index in [2.05, 4.69) is 27.6 Å². The Balaban J connectivity index is 1.96. The van der Waals surface area contributed by atoms with Gasteiger partial charge in [-0.2, -0.15) is 0 Å². The molecule has 2 aromatic rings. The maximum Gasteiger partial charge on any atom is 0.363 e. The van der Waals surface area contributed by atoms with Gasteiger partial charge >= 0.3 is 5.97 Å². The van der Waals surface area contributed by atoms with Crippen molar-refractivity contribution in [1.82, 2.24) is 0 Å². The number of hydrogen-bond donors (Lipinski definition) is 0. The predicted octanol–water partition coefficient (Wildman–Crippen LogP) is 5.38. The molecule has 162 valence electrons. The lowest BCUT2D eigenvalue weighted by Crippen LogP contribution is -2.06. The number of hydrogen-bond acceptors (Lipinski definition) is 7. The first kappa shape index (κ1) is 23.0. The smallest absolute Gasteiger partial charge is 0.363 e. The molecule has 0 atom stereocenters. The van der Waals surface area contributed by atoms with Crippen LogP contribution in [0.2, 0.25) is 5.02 Å². The van der Waals surface area contributed by atoms with E-state index in [4.69, 9.17) is 25.8 Å². The van der Waals surface area contributed by atoms with Crippen LogP contribution in [0.1, 0.15) is 31.4 Å². The number of halogens is 2. The number of benzene rings is 2. The Morgan fingerprint density at radius 1 is 1.26 bits per heavy atom. The second kappa shape index (κ2) is 10.1. The summed E-state index contributed by atoms with van der Waals surface area (Å²) in [5, 5.41) is 11.1. The number of carbonyl (C=O) groups excluding carboxylic acids is 1. The molecule has 0 fully saturated rings. The standard InChI is InChI=1S/C21H18ClIN2O6/c1-3-7-30-19-15(23)8-12(10-18(19)29-4-2)9-16-21(26)31-20(24-16)13-5-6-14(22)17(11-13)25(27)28/h5-6,8-11H,3-4,7H2,1-2H3/b16-9-. The predicted molar refractivity (Wildman–Crippen MR) is 125 cm³/mol. The Labute approximate surface area is 197 Å². The highest BCUT2D eigenvalue weighted by Gasteiger charge is 2.26. The van der Waals surface area contributed by atoms with E-state index in [0.717, 1.165) is 9.99 Å². The molecule has 1 heterocycles. The molecule has 0 saturated heterocycles. The topological polar surface area (TPSA) is 100 Å². The number of esters is 1. The van der Waals surface area contributed by atoms with Gasteiger partial charge < -0.3 is 14.2 Å². The minimum Gasteiger partial charge on any atom is -0.490 e. The van der Waals surface area contributed by atoms with Gasteiger partial charge in [0.1, 0.15) is 5.02 Å². The highest BCUT2D eigenvalue weighted by atomic mass is 127. The normalized spacial score (nSPS) is 14.4. The van der Waals surface area contributed by atoms with Crippen LogP contribution in [0.3, 0.4) is 0 Å². The van der Waals surface area contributed by atoms with Crippen molar-refractivity contribution in [2.45, 2.75) is 20.3 Å². The van der Waals surface area contributed by atoms with Gasteiger partial charge in [-0.3, -0.25) is 10.1 Å². The molecule has 10 heteroatoms. The van der Waals surface area contributed by atoms with E-state index in [1.807, 2.05) is 19.9 Å². The summed E-state index contributed by atoms with van der Waals surface area (Å²) in [6.45, 7) is 4.91. The van der Waals surface area contributed by atoms with Gasteiger partial charge in [-0.1, -0.05) is 18.5 Å². The van der Waals surface area contributed by atoms with E-state index < -0.39 is 10.9 Å². The quantitative estimate of drug-likeness (QED) is 0.142. The number of carbonyl (C=O) groups is 1. The third kappa shape index (κ3) is 5.34. The first-order chi connectivity index (χ1) is 14.8. The Kier molecular flexibility index (Phi) is 7.50. The van der Waals surface area contributed by atoms with Gasteiger partial charge in [-0.15, -0.1) is 0 Å². The van der Waals surface area contributed by atoms with E-state index in [1.54, 1.807) is 12.1 Å². The van der Waals surface area contributed by atoms with Crippen molar-refractivity contribution in [2.24, 2.45) is 4.99 Å². The summed E-state index contributed by atoms with van der Waals surface area (Å²) in [6.07, 6.45) is 2.42. The zero-order valence-electron chi connectivity index (χ0n) is 16.7.